The van der Waals surface area contributed by atoms with Crippen molar-refractivity contribution in [3.8, 4) is 0 Å². The molecular formula is C23H27NO2. The van der Waals surface area contributed by atoms with Crippen molar-refractivity contribution in [2.24, 2.45) is 5.92 Å². The first-order valence-corrected chi connectivity index (χ1v) is 9.60. The quantitative estimate of drug-likeness (QED) is 0.781. The van der Waals surface area contributed by atoms with Gasteiger partial charge >= 0.3 is 5.97 Å². The van der Waals surface area contributed by atoms with Crippen LogP contribution < -0.4 is 0 Å². The van der Waals surface area contributed by atoms with Crippen molar-refractivity contribution in [1.29, 1.82) is 0 Å². The molecule has 0 amide bonds. The first-order chi connectivity index (χ1) is 12.7. The van der Waals surface area contributed by atoms with Gasteiger partial charge < -0.3 is 4.74 Å². The van der Waals surface area contributed by atoms with E-state index in [1.54, 1.807) is 0 Å². The summed E-state index contributed by atoms with van der Waals surface area (Å²) >= 11 is 0. The van der Waals surface area contributed by atoms with Crippen molar-refractivity contribution in [1.82, 2.24) is 4.90 Å². The third-order valence-corrected chi connectivity index (χ3v) is 6.40. The number of fused-ring (bicyclic) bond motifs is 2. The third-order valence-electron chi connectivity index (χ3n) is 6.40. The summed E-state index contributed by atoms with van der Waals surface area (Å²) in [4.78, 5) is 14.9. The Balaban J connectivity index is 1.56. The Morgan fingerprint density at radius 2 is 1.73 bits per heavy atom. The molecule has 2 aromatic carbocycles. The van der Waals surface area contributed by atoms with Crippen LogP contribution in [0.1, 0.15) is 41.9 Å². The average Bonchev–Trinajstić information content (AvgIpc) is 2.91. The molecule has 26 heavy (non-hydrogen) atoms. The van der Waals surface area contributed by atoms with Gasteiger partial charge in [-0.2, -0.15) is 0 Å². The number of carbonyl (C=O) groups is 1. The Hall–Kier alpha value is -2.13. The Labute approximate surface area is 156 Å². The van der Waals surface area contributed by atoms with E-state index in [4.69, 9.17) is 4.74 Å². The van der Waals surface area contributed by atoms with Crippen molar-refractivity contribution in [3.05, 3.63) is 71.3 Å². The van der Waals surface area contributed by atoms with Crippen LogP contribution in [0.15, 0.2) is 54.6 Å². The Morgan fingerprint density at radius 1 is 1.04 bits per heavy atom. The fourth-order valence-electron chi connectivity index (χ4n) is 4.98. The molecule has 0 radical (unpaired) electrons. The van der Waals surface area contributed by atoms with Gasteiger partial charge in [0.25, 0.3) is 0 Å². The summed E-state index contributed by atoms with van der Waals surface area (Å²) in [5.41, 5.74) is 3.91. The summed E-state index contributed by atoms with van der Waals surface area (Å²) < 4.78 is 5.18. The van der Waals surface area contributed by atoms with Gasteiger partial charge in [0.05, 0.1) is 13.0 Å². The number of esters is 1. The number of methoxy groups -OCH3 is 1. The highest BCUT2D eigenvalue weighted by Gasteiger charge is 2.49. The van der Waals surface area contributed by atoms with Crippen molar-refractivity contribution < 1.29 is 9.53 Å². The lowest BCUT2D eigenvalue weighted by atomic mass is 9.76. The van der Waals surface area contributed by atoms with E-state index in [1.807, 2.05) is 6.07 Å². The number of ether oxygens (including phenoxy) is 1. The van der Waals surface area contributed by atoms with Crippen LogP contribution in [0.2, 0.25) is 0 Å². The number of benzene rings is 2. The van der Waals surface area contributed by atoms with Crippen LogP contribution >= 0.6 is 0 Å². The maximum Gasteiger partial charge on any atom is 0.310 e. The normalized spacial score (nSPS) is 28.1. The van der Waals surface area contributed by atoms with Gasteiger partial charge in [-0.3, -0.25) is 9.69 Å². The van der Waals surface area contributed by atoms with Crippen LogP contribution in [0.5, 0.6) is 0 Å². The van der Waals surface area contributed by atoms with Gasteiger partial charge in [0.15, 0.2) is 0 Å². The highest BCUT2D eigenvalue weighted by Crippen LogP contribution is 2.46. The SMILES string of the molecule is COC(=O)[C@H]1[C@@H](c2ccc(Cc3ccccc3)cc2)C[C@@H]2CC[C@H]1N2C. The monoisotopic (exact) mass is 349 g/mol. The number of hydrogen-bond acceptors (Lipinski definition) is 3. The molecule has 2 bridgehead atoms. The van der Waals surface area contributed by atoms with Crippen LogP contribution in [0, 0.1) is 5.92 Å². The van der Waals surface area contributed by atoms with E-state index in [0.717, 1.165) is 19.3 Å². The molecule has 4 atom stereocenters. The summed E-state index contributed by atoms with van der Waals surface area (Å²) in [6.45, 7) is 0. The minimum absolute atomic E-state index is 0.0521. The maximum atomic E-state index is 12.5. The van der Waals surface area contributed by atoms with E-state index in [-0.39, 0.29) is 17.8 Å². The van der Waals surface area contributed by atoms with Crippen molar-refractivity contribution >= 4 is 5.97 Å². The van der Waals surface area contributed by atoms with Gasteiger partial charge in [-0.15, -0.1) is 0 Å². The predicted molar refractivity (Wildman–Crippen MR) is 103 cm³/mol. The summed E-state index contributed by atoms with van der Waals surface area (Å²) in [5, 5.41) is 0. The van der Waals surface area contributed by atoms with Crippen LogP contribution in [0.4, 0.5) is 0 Å². The van der Waals surface area contributed by atoms with E-state index in [2.05, 4.69) is 60.5 Å². The van der Waals surface area contributed by atoms with Crippen molar-refractivity contribution in [3.63, 3.8) is 0 Å². The Bertz CT molecular complexity index is 756. The van der Waals surface area contributed by atoms with Crippen LogP contribution in [-0.4, -0.2) is 37.1 Å². The van der Waals surface area contributed by atoms with Crippen molar-refractivity contribution in [2.45, 2.75) is 43.7 Å². The van der Waals surface area contributed by atoms with E-state index >= 15 is 0 Å². The predicted octanol–water partition coefficient (Wildman–Crippen LogP) is 4.02. The number of rotatable bonds is 4. The van der Waals surface area contributed by atoms with Gasteiger partial charge in [0, 0.05) is 18.0 Å². The maximum absolute atomic E-state index is 12.5. The molecule has 0 aliphatic carbocycles. The zero-order valence-corrected chi connectivity index (χ0v) is 15.6. The average molecular weight is 349 g/mol. The smallest absolute Gasteiger partial charge is 0.310 e. The van der Waals surface area contributed by atoms with Crippen molar-refractivity contribution in [2.75, 3.05) is 14.2 Å². The van der Waals surface area contributed by atoms with Gasteiger partial charge in [-0.25, -0.2) is 0 Å². The molecule has 0 N–H and O–H groups in total. The molecule has 2 saturated heterocycles. The van der Waals surface area contributed by atoms with Gasteiger partial charge in [0.2, 0.25) is 0 Å². The van der Waals surface area contributed by atoms with Gasteiger partial charge in [-0.05, 0) is 49.4 Å². The molecule has 2 aliphatic rings. The summed E-state index contributed by atoms with van der Waals surface area (Å²) in [5.74, 6) is 0.159. The van der Waals surface area contributed by atoms with E-state index in [0.29, 0.717) is 12.1 Å². The molecule has 0 aromatic heterocycles. The fourth-order valence-corrected chi connectivity index (χ4v) is 4.98. The molecule has 4 rings (SSSR count). The molecule has 2 aliphatic heterocycles. The molecule has 0 unspecified atom stereocenters. The molecule has 136 valence electrons. The fraction of sp³-hybridized carbons (Fsp3) is 0.435. The highest BCUT2D eigenvalue weighted by atomic mass is 16.5. The molecule has 0 saturated carbocycles. The van der Waals surface area contributed by atoms with Gasteiger partial charge in [0.1, 0.15) is 0 Å². The van der Waals surface area contributed by atoms with Crippen LogP contribution in [-0.2, 0) is 16.0 Å². The summed E-state index contributed by atoms with van der Waals surface area (Å²) in [7, 11) is 3.68. The topological polar surface area (TPSA) is 29.5 Å². The lowest BCUT2D eigenvalue weighted by molar-refractivity contribution is -0.150. The lowest BCUT2D eigenvalue weighted by Gasteiger charge is -2.41. The summed E-state index contributed by atoms with van der Waals surface area (Å²) in [6.07, 6.45) is 4.28. The van der Waals surface area contributed by atoms with Gasteiger partial charge in [-0.1, -0.05) is 54.6 Å². The Kier molecular flexibility index (Phi) is 4.82. The molecule has 2 aromatic rings. The first-order valence-electron chi connectivity index (χ1n) is 9.60. The van der Waals surface area contributed by atoms with E-state index in [1.165, 1.54) is 30.2 Å². The standard InChI is InChI=1S/C23H27NO2/c1-24-19-12-13-21(24)22(23(25)26-2)20(15-19)18-10-8-17(9-11-18)14-16-6-4-3-5-7-16/h3-11,19-22H,12-15H2,1-2H3/t19-,20+,21+,22-/m0/s1. The first kappa shape index (κ1) is 17.3. The molecule has 0 spiro atoms. The minimum Gasteiger partial charge on any atom is -0.469 e. The molecule has 3 nitrogen and oxygen atoms in total. The minimum atomic E-state index is -0.0550. The highest BCUT2D eigenvalue weighted by molar-refractivity contribution is 5.75. The Morgan fingerprint density at radius 3 is 2.42 bits per heavy atom. The molecule has 2 fully saturated rings. The lowest BCUT2D eigenvalue weighted by Crippen LogP contribution is -2.49. The number of nitrogens with zero attached hydrogens (tertiary/aromatic N) is 1. The molecule has 2 heterocycles. The molecular weight excluding hydrogens is 322 g/mol. The number of hydrogen-bond donors (Lipinski definition) is 0. The van der Waals surface area contributed by atoms with Crippen LogP contribution in [0.3, 0.4) is 0 Å². The molecule has 3 heteroatoms. The third kappa shape index (κ3) is 3.16. The zero-order valence-electron chi connectivity index (χ0n) is 15.6. The second kappa shape index (κ2) is 7.24. The second-order valence-corrected chi connectivity index (χ2v) is 7.76. The summed E-state index contributed by atoms with van der Waals surface area (Å²) in [6, 6.07) is 20.3. The largest absolute Gasteiger partial charge is 0.469 e. The van der Waals surface area contributed by atoms with E-state index < -0.39 is 0 Å². The second-order valence-electron chi connectivity index (χ2n) is 7.76. The number of piperidine rings is 1. The number of carbonyl (C=O) groups excluding carboxylic acids is 1. The van der Waals surface area contributed by atoms with Crippen LogP contribution in [0.25, 0.3) is 0 Å². The zero-order chi connectivity index (χ0) is 18.1. The van der Waals surface area contributed by atoms with E-state index in [9.17, 15) is 4.79 Å².